The molecule has 1 aromatic heterocycles. The second kappa shape index (κ2) is 6.60. The molecule has 1 aromatic carbocycles. The average Bonchev–Trinajstić information content (AvgIpc) is 2.43. The number of esters is 1. The number of halogens is 3. The fourth-order valence-electron chi connectivity index (χ4n) is 2.02. The molecule has 1 heterocycles. The number of pyridine rings is 1. The summed E-state index contributed by atoms with van der Waals surface area (Å²) < 4.78 is 19.7. The van der Waals surface area contributed by atoms with Crippen molar-refractivity contribution in [3.63, 3.8) is 0 Å². The molecule has 0 radical (unpaired) electrons. The third-order valence-electron chi connectivity index (χ3n) is 2.99. The van der Waals surface area contributed by atoms with Crippen molar-refractivity contribution in [3.05, 3.63) is 34.1 Å². The van der Waals surface area contributed by atoms with Gasteiger partial charge in [0.25, 0.3) is 0 Å². The van der Waals surface area contributed by atoms with Gasteiger partial charge in [0.15, 0.2) is 5.82 Å². The molecule has 0 aliphatic carbocycles. The van der Waals surface area contributed by atoms with Crippen LogP contribution in [0, 0.1) is 5.82 Å². The zero-order valence-corrected chi connectivity index (χ0v) is 14.2. The molecule has 5 nitrogen and oxygen atoms in total. The van der Waals surface area contributed by atoms with E-state index < -0.39 is 11.8 Å². The maximum absolute atomic E-state index is 14.7. The van der Waals surface area contributed by atoms with Gasteiger partial charge in [0, 0.05) is 26.6 Å². The lowest BCUT2D eigenvalue weighted by atomic mass is 10.1. The third-order valence-corrected chi connectivity index (χ3v) is 3.67. The molecular weight excluding hydrogens is 344 g/mol. The number of hydrogen-bond donors (Lipinski definition) is 1. The van der Waals surface area contributed by atoms with Crippen LogP contribution in [0.5, 0.6) is 5.88 Å². The molecule has 8 heteroatoms. The van der Waals surface area contributed by atoms with E-state index in [0.717, 1.165) is 0 Å². The van der Waals surface area contributed by atoms with Crippen LogP contribution in [-0.4, -0.2) is 25.0 Å². The lowest BCUT2D eigenvalue weighted by Gasteiger charge is -2.18. The molecule has 0 atom stereocenters. The molecule has 2 aromatic rings. The van der Waals surface area contributed by atoms with Crippen molar-refractivity contribution in [2.75, 3.05) is 24.7 Å². The van der Waals surface area contributed by atoms with Crippen molar-refractivity contribution in [2.24, 2.45) is 0 Å². The number of ether oxygens (including phenoxy) is 1. The van der Waals surface area contributed by atoms with Gasteiger partial charge in [-0.05, 0) is 18.2 Å². The molecule has 0 saturated heterocycles. The lowest BCUT2D eigenvalue weighted by Crippen LogP contribution is -2.12. The minimum Gasteiger partial charge on any atom is -0.406 e. The molecule has 0 amide bonds. The van der Waals surface area contributed by atoms with E-state index in [1.165, 1.54) is 19.1 Å². The first-order valence-corrected chi connectivity index (χ1v) is 7.28. The Balaban J connectivity index is 2.65. The number of anilines is 2. The molecule has 0 bridgehead atoms. The Labute approximate surface area is 142 Å². The number of nitrogens with two attached hydrogens (primary N) is 1. The molecule has 0 aliphatic heterocycles. The van der Waals surface area contributed by atoms with Crippen LogP contribution in [0.2, 0.25) is 10.0 Å². The van der Waals surface area contributed by atoms with Crippen LogP contribution in [0.1, 0.15) is 6.92 Å². The van der Waals surface area contributed by atoms with E-state index in [1.54, 1.807) is 25.1 Å². The van der Waals surface area contributed by atoms with Crippen molar-refractivity contribution < 1.29 is 13.9 Å². The van der Waals surface area contributed by atoms with Crippen molar-refractivity contribution in [1.82, 2.24) is 4.98 Å². The van der Waals surface area contributed by atoms with Crippen LogP contribution in [-0.2, 0) is 4.79 Å². The van der Waals surface area contributed by atoms with Crippen LogP contribution in [0.4, 0.5) is 15.8 Å². The van der Waals surface area contributed by atoms with E-state index in [2.05, 4.69) is 4.98 Å². The number of carbonyl (C=O) groups excluding carboxylic acids is 1. The van der Waals surface area contributed by atoms with Gasteiger partial charge in [-0.25, -0.2) is 9.37 Å². The van der Waals surface area contributed by atoms with E-state index in [0.29, 0.717) is 0 Å². The van der Waals surface area contributed by atoms with Gasteiger partial charge in [0.1, 0.15) is 5.02 Å². The number of aromatic nitrogens is 1. The fraction of sp³-hybridized carbons (Fsp3) is 0.200. The molecular formula is C15H14Cl2FN3O2. The SMILES string of the molecule is CC(=O)Oc1nc(-c2ccc(Cl)c(N(C)C)c2F)cc(N)c1Cl. The molecule has 0 aliphatic rings. The first kappa shape index (κ1) is 17.3. The molecule has 0 unspecified atom stereocenters. The van der Waals surface area contributed by atoms with Crippen LogP contribution in [0.3, 0.4) is 0 Å². The number of nitrogen functional groups attached to an aromatic ring is 1. The third kappa shape index (κ3) is 3.48. The van der Waals surface area contributed by atoms with Crippen molar-refractivity contribution >= 4 is 40.5 Å². The molecule has 2 rings (SSSR count). The molecule has 0 spiro atoms. The van der Waals surface area contributed by atoms with Gasteiger partial charge in [0.2, 0.25) is 5.88 Å². The summed E-state index contributed by atoms with van der Waals surface area (Å²) in [6, 6.07) is 4.42. The highest BCUT2D eigenvalue weighted by atomic mass is 35.5. The Hall–Kier alpha value is -2.05. The standard InChI is InChI=1S/C15H14Cl2FN3O2/c1-7(22)23-15-12(17)10(19)6-11(20-15)8-4-5-9(16)14(13(8)18)21(2)3/h4-6H,1-3H3,(H2,19,20). The number of carbonyl (C=O) groups is 1. The Morgan fingerprint density at radius 2 is 2.00 bits per heavy atom. The van der Waals surface area contributed by atoms with E-state index in [9.17, 15) is 9.18 Å². The maximum atomic E-state index is 14.7. The summed E-state index contributed by atoms with van der Waals surface area (Å²) in [5, 5.41) is 0.254. The maximum Gasteiger partial charge on any atom is 0.309 e. The van der Waals surface area contributed by atoms with E-state index in [-0.39, 0.29) is 38.6 Å². The molecule has 0 saturated carbocycles. The fourth-order valence-corrected chi connectivity index (χ4v) is 2.47. The zero-order chi connectivity index (χ0) is 17.3. The monoisotopic (exact) mass is 357 g/mol. The van der Waals surface area contributed by atoms with E-state index >= 15 is 0 Å². The summed E-state index contributed by atoms with van der Waals surface area (Å²) in [5.74, 6) is -1.35. The van der Waals surface area contributed by atoms with E-state index in [1.807, 2.05) is 0 Å². The normalized spacial score (nSPS) is 10.5. The summed E-state index contributed by atoms with van der Waals surface area (Å²) in [7, 11) is 3.34. The van der Waals surface area contributed by atoms with Crippen molar-refractivity contribution in [2.45, 2.75) is 6.92 Å². The van der Waals surface area contributed by atoms with Gasteiger partial charge >= 0.3 is 5.97 Å². The van der Waals surface area contributed by atoms with Crippen molar-refractivity contribution in [3.8, 4) is 17.1 Å². The Morgan fingerprint density at radius 1 is 1.35 bits per heavy atom. The molecule has 122 valence electrons. The van der Waals surface area contributed by atoms with Gasteiger partial charge < -0.3 is 15.4 Å². The number of hydrogen-bond acceptors (Lipinski definition) is 5. The minimum atomic E-state index is -0.610. The van der Waals surface area contributed by atoms with Crippen LogP contribution < -0.4 is 15.4 Å². The summed E-state index contributed by atoms with van der Waals surface area (Å²) in [6.07, 6.45) is 0. The van der Waals surface area contributed by atoms with Crippen molar-refractivity contribution in [1.29, 1.82) is 0 Å². The molecule has 2 N–H and O–H groups in total. The largest absolute Gasteiger partial charge is 0.406 e. The van der Waals surface area contributed by atoms with Gasteiger partial charge in [-0.15, -0.1) is 0 Å². The molecule has 23 heavy (non-hydrogen) atoms. The Bertz CT molecular complexity index is 782. The summed E-state index contributed by atoms with van der Waals surface area (Å²) >= 11 is 12.0. The highest BCUT2D eigenvalue weighted by Gasteiger charge is 2.19. The number of nitrogens with zero attached hydrogens (tertiary/aromatic N) is 2. The lowest BCUT2D eigenvalue weighted by molar-refractivity contribution is -0.132. The summed E-state index contributed by atoms with van der Waals surface area (Å²) in [4.78, 5) is 16.7. The second-order valence-electron chi connectivity index (χ2n) is 4.96. The Kier molecular flexibility index (Phi) is 4.97. The van der Waals surface area contributed by atoms with Gasteiger partial charge in [-0.3, -0.25) is 4.79 Å². The van der Waals surface area contributed by atoms with Crippen LogP contribution in [0.25, 0.3) is 11.3 Å². The number of rotatable bonds is 3. The van der Waals surface area contributed by atoms with E-state index in [4.69, 9.17) is 33.7 Å². The average molecular weight is 358 g/mol. The first-order chi connectivity index (χ1) is 10.7. The quantitative estimate of drug-likeness (QED) is 0.846. The molecule has 0 fully saturated rings. The van der Waals surface area contributed by atoms with Gasteiger partial charge in [-0.2, -0.15) is 0 Å². The van der Waals surface area contributed by atoms with Gasteiger partial charge in [0.05, 0.1) is 22.1 Å². The van der Waals surface area contributed by atoms with Crippen LogP contribution >= 0.6 is 23.2 Å². The first-order valence-electron chi connectivity index (χ1n) is 6.52. The number of benzene rings is 1. The Morgan fingerprint density at radius 3 is 2.57 bits per heavy atom. The second-order valence-corrected chi connectivity index (χ2v) is 5.75. The zero-order valence-electron chi connectivity index (χ0n) is 12.7. The predicted molar refractivity (Wildman–Crippen MR) is 89.7 cm³/mol. The highest BCUT2D eigenvalue weighted by Crippen LogP contribution is 2.37. The minimum absolute atomic E-state index is 0.00819. The smallest absolute Gasteiger partial charge is 0.309 e. The highest BCUT2D eigenvalue weighted by molar-refractivity contribution is 6.34. The summed E-state index contributed by atoms with van der Waals surface area (Å²) in [5.41, 5.74) is 6.47. The summed E-state index contributed by atoms with van der Waals surface area (Å²) in [6.45, 7) is 1.20. The predicted octanol–water partition coefficient (Wildman–Crippen LogP) is 3.77. The topological polar surface area (TPSA) is 68.5 Å². The van der Waals surface area contributed by atoms with Crippen LogP contribution in [0.15, 0.2) is 18.2 Å². The van der Waals surface area contributed by atoms with Gasteiger partial charge in [-0.1, -0.05) is 23.2 Å².